The first-order valence-corrected chi connectivity index (χ1v) is 9.19. The highest BCUT2D eigenvalue weighted by Gasteiger charge is 2.17. The van der Waals surface area contributed by atoms with E-state index in [2.05, 4.69) is 10.3 Å². The number of nitrogens with one attached hydrogen (secondary N) is 1. The molecule has 0 unspecified atom stereocenters. The number of benzene rings is 2. The molecule has 1 amide bonds. The number of pyridine rings is 1. The summed E-state index contributed by atoms with van der Waals surface area (Å²) in [5.41, 5.74) is 2.38. The number of hydrogen-bond donors (Lipinski definition) is 1. The van der Waals surface area contributed by atoms with Gasteiger partial charge in [0.2, 0.25) is 5.91 Å². The number of carbonyl (C=O) groups excluding carboxylic acids is 1. The molecule has 0 aliphatic rings. The van der Waals surface area contributed by atoms with Gasteiger partial charge in [0, 0.05) is 18.3 Å². The van der Waals surface area contributed by atoms with E-state index in [0.717, 1.165) is 5.56 Å². The Morgan fingerprint density at radius 2 is 1.79 bits per heavy atom. The normalized spacial score (nSPS) is 10.8. The molecule has 0 fully saturated rings. The number of hydrogen-bond acceptors (Lipinski definition) is 4. The number of rotatable bonds is 6. The third-order valence-corrected chi connectivity index (χ3v) is 4.68. The summed E-state index contributed by atoms with van der Waals surface area (Å²) in [6.07, 6.45) is 1.63. The minimum Gasteiger partial charge on any atom is -0.496 e. The summed E-state index contributed by atoms with van der Waals surface area (Å²) >= 11 is 0. The number of nitrogens with zero attached hydrogens (tertiary/aromatic N) is 3. The fourth-order valence-electron chi connectivity index (χ4n) is 3.29. The highest BCUT2D eigenvalue weighted by molar-refractivity contribution is 5.80. The van der Waals surface area contributed by atoms with E-state index in [1.54, 1.807) is 25.4 Å². The van der Waals surface area contributed by atoms with Crippen LogP contribution in [0, 0.1) is 0 Å². The van der Waals surface area contributed by atoms with Crippen molar-refractivity contribution in [2.45, 2.75) is 13.1 Å². The van der Waals surface area contributed by atoms with Gasteiger partial charge in [-0.2, -0.15) is 0 Å². The SMILES string of the molecule is COc1ccccc1CNC(=O)Cn1c(=O)n(-c2ccccc2)c2ncccc21. The first kappa shape index (κ1) is 18.5. The van der Waals surface area contributed by atoms with E-state index < -0.39 is 0 Å². The minimum atomic E-state index is -0.308. The third-order valence-electron chi connectivity index (χ3n) is 4.68. The maximum atomic E-state index is 13.1. The number of fused-ring (bicyclic) bond motifs is 1. The van der Waals surface area contributed by atoms with Crippen LogP contribution in [0.25, 0.3) is 16.9 Å². The molecule has 0 saturated heterocycles. The molecule has 4 rings (SSSR count). The average molecular weight is 388 g/mol. The van der Waals surface area contributed by atoms with Crippen LogP contribution in [0.15, 0.2) is 77.7 Å². The van der Waals surface area contributed by atoms with Crippen LogP contribution in [0.2, 0.25) is 0 Å². The Morgan fingerprint density at radius 3 is 2.59 bits per heavy atom. The van der Waals surface area contributed by atoms with Gasteiger partial charge in [0.15, 0.2) is 5.65 Å². The highest BCUT2D eigenvalue weighted by atomic mass is 16.5. The maximum Gasteiger partial charge on any atom is 0.335 e. The van der Waals surface area contributed by atoms with Crippen molar-refractivity contribution in [1.29, 1.82) is 0 Å². The summed E-state index contributed by atoms with van der Waals surface area (Å²) in [5, 5.41) is 2.85. The van der Waals surface area contributed by atoms with Crippen LogP contribution in [0.3, 0.4) is 0 Å². The first-order valence-electron chi connectivity index (χ1n) is 9.19. The van der Waals surface area contributed by atoms with Gasteiger partial charge in [-0.25, -0.2) is 14.3 Å². The summed E-state index contributed by atoms with van der Waals surface area (Å²) in [5.74, 6) is 0.434. The van der Waals surface area contributed by atoms with Crippen LogP contribution in [-0.4, -0.2) is 27.1 Å². The summed E-state index contributed by atoms with van der Waals surface area (Å²) in [7, 11) is 1.59. The van der Waals surface area contributed by atoms with Crippen molar-refractivity contribution >= 4 is 17.1 Å². The summed E-state index contributed by atoms with van der Waals surface area (Å²) < 4.78 is 8.26. The second-order valence-corrected chi connectivity index (χ2v) is 6.47. The Labute approximate surface area is 167 Å². The van der Waals surface area contributed by atoms with Crippen LogP contribution < -0.4 is 15.7 Å². The molecule has 7 nitrogen and oxygen atoms in total. The average Bonchev–Trinajstić information content (AvgIpc) is 3.04. The molecule has 4 aromatic rings. The molecular formula is C22H20N4O3. The van der Waals surface area contributed by atoms with Gasteiger partial charge in [-0.3, -0.25) is 9.36 Å². The number of ether oxygens (including phenoxy) is 1. The number of methoxy groups -OCH3 is 1. The molecule has 29 heavy (non-hydrogen) atoms. The molecular weight excluding hydrogens is 368 g/mol. The van der Waals surface area contributed by atoms with E-state index in [4.69, 9.17) is 4.74 Å². The Bertz CT molecular complexity index is 1210. The Kier molecular flexibility index (Phi) is 5.11. The first-order chi connectivity index (χ1) is 14.2. The van der Waals surface area contributed by atoms with Crippen molar-refractivity contribution in [1.82, 2.24) is 19.4 Å². The zero-order chi connectivity index (χ0) is 20.2. The van der Waals surface area contributed by atoms with Crippen LogP contribution in [-0.2, 0) is 17.9 Å². The van der Waals surface area contributed by atoms with Gasteiger partial charge in [0.05, 0.1) is 18.3 Å². The number of amides is 1. The van der Waals surface area contributed by atoms with Crippen molar-refractivity contribution in [3.8, 4) is 11.4 Å². The van der Waals surface area contributed by atoms with E-state index >= 15 is 0 Å². The van der Waals surface area contributed by atoms with Crippen molar-refractivity contribution in [2.75, 3.05) is 7.11 Å². The molecule has 0 atom stereocenters. The smallest absolute Gasteiger partial charge is 0.335 e. The zero-order valence-electron chi connectivity index (χ0n) is 15.9. The molecule has 1 N–H and O–H groups in total. The second-order valence-electron chi connectivity index (χ2n) is 6.47. The van der Waals surface area contributed by atoms with Crippen molar-refractivity contribution in [3.63, 3.8) is 0 Å². The van der Waals surface area contributed by atoms with E-state index in [1.807, 2.05) is 54.6 Å². The molecule has 7 heteroatoms. The molecule has 0 bridgehead atoms. The fourth-order valence-corrected chi connectivity index (χ4v) is 3.29. The van der Waals surface area contributed by atoms with E-state index in [-0.39, 0.29) is 18.1 Å². The Morgan fingerprint density at radius 1 is 1.03 bits per heavy atom. The molecule has 0 saturated carbocycles. The standard InChI is InChI=1S/C22H20N4O3/c1-29-19-12-6-5-8-16(19)14-24-20(27)15-25-18-11-7-13-23-21(18)26(22(25)28)17-9-3-2-4-10-17/h2-13H,14-15H2,1H3,(H,24,27). The van der Waals surface area contributed by atoms with E-state index in [0.29, 0.717) is 29.1 Å². The van der Waals surface area contributed by atoms with Gasteiger partial charge in [-0.15, -0.1) is 0 Å². The van der Waals surface area contributed by atoms with Gasteiger partial charge >= 0.3 is 5.69 Å². The minimum absolute atomic E-state index is 0.101. The lowest BCUT2D eigenvalue weighted by molar-refractivity contribution is -0.121. The quantitative estimate of drug-likeness (QED) is 0.551. The number of carbonyl (C=O) groups is 1. The predicted octanol–water partition coefficient (Wildman–Crippen LogP) is 2.51. The number of aromatic nitrogens is 3. The summed E-state index contributed by atoms with van der Waals surface area (Å²) in [4.78, 5) is 30.0. The predicted molar refractivity (Wildman–Crippen MR) is 110 cm³/mol. The fraction of sp³-hybridized carbons (Fsp3) is 0.136. The molecule has 2 aromatic heterocycles. The molecule has 2 heterocycles. The van der Waals surface area contributed by atoms with Gasteiger partial charge in [0.25, 0.3) is 0 Å². The van der Waals surface area contributed by atoms with Crippen molar-refractivity contribution < 1.29 is 9.53 Å². The summed E-state index contributed by atoms with van der Waals surface area (Å²) in [6, 6.07) is 20.3. The molecule has 0 aliphatic carbocycles. The van der Waals surface area contributed by atoms with Gasteiger partial charge in [-0.05, 0) is 30.3 Å². The molecule has 0 radical (unpaired) electrons. The van der Waals surface area contributed by atoms with Crippen molar-refractivity contribution in [2.24, 2.45) is 0 Å². The molecule has 0 spiro atoms. The topological polar surface area (TPSA) is 78.1 Å². The van der Waals surface area contributed by atoms with E-state index in [1.165, 1.54) is 9.13 Å². The number of para-hydroxylation sites is 2. The third kappa shape index (κ3) is 3.62. The number of imidazole rings is 1. The largest absolute Gasteiger partial charge is 0.496 e. The van der Waals surface area contributed by atoms with Crippen LogP contribution in [0.4, 0.5) is 0 Å². The van der Waals surface area contributed by atoms with Crippen LogP contribution in [0.5, 0.6) is 5.75 Å². The van der Waals surface area contributed by atoms with Gasteiger partial charge < -0.3 is 10.1 Å². The highest BCUT2D eigenvalue weighted by Crippen LogP contribution is 2.17. The second kappa shape index (κ2) is 8.02. The zero-order valence-corrected chi connectivity index (χ0v) is 15.9. The lowest BCUT2D eigenvalue weighted by atomic mass is 10.2. The Balaban J connectivity index is 1.62. The Hall–Kier alpha value is -3.87. The lowest BCUT2D eigenvalue weighted by Crippen LogP contribution is -2.32. The monoisotopic (exact) mass is 388 g/mol. The van der Waals surface area contributed by atoms with E-state index in [9.17, 15) is 9.59 Å². The maximum absolute atomic E-state index is 13.1. The van der Waals surface area contributed by atoms with Gasteiger partial charge in [-0.1, -0.05) is 36.4 Å². The van der Waals surface area contributed by atoms with Crippen LogP contribution in [0.1, 0.15) is 5.56 Å². The lowest BCUT2D eigenvalue weighted by Gasteiger charge is -2.10. The molecule has 2 aromatic carbocycles. The summed E-state index contributed by atoms with van der Waals surface area (Å²) in [6.45, 7) is 0.211. The van der Waals surface area contributed by atoms with Crippen molar-refractivity contribution in [3.05, 3.63) is 89.0 Å². The molecule has 146 valence electrons. The van der Waals surface area contributed by atoms with Gasteiger partial charge in [0.1, 0.15) is 12.3 Å². The molecule has 0 aliphatic heterocycles. The van der Waals surface area contributed by atoms with Crippen LogP contribution >= 0.6 is 0 Å².